The number of ether oxygens (including phenoxy) is 2. The van der Waals surface area contributed by atoms with Crippen LogP contribution in [0.4, 0.5) is 5.82 Å². The number of nitrogens with two attached hydrogens (primary N) is 1. The normalized spacial score (nSPS) is 17.5. The van der Waals surface area contributed by atoms with Crippen LogP contribution in [0.15, 0.2) is 12.7 Å². The number of aliphatic carboxylic acids is 1. The summed E-state index contributed by atoms with van der Waals surface area (Å²) in [6, 6.07) is 0. The van der Waals surface area contributed by atoms with Gasteiger partial charge in [-0.15, -0.1) is 0 Å². The molecule has 1 saturated carbocycles. The molecule has 0 aromatic carbocycles. The Bertz CT molecular complexity index is 1070. The number of esters is 1. The number of hydrogen-bond donors (Lipinski definition) is 3. The first-order valence-electron chi connectivity index (χ1n) is 11.0. The van der Waals surface area contributed by atoms with E-state index in [0.717, 1.165) is 25.7 Å². The van der Waals surface area contributed by atoms with Gasteiger partial charge in [0.15, 0.2) is 18.1 Å². The average Bonchev–Trinajstić information content (AvgIpc) is 3.42. The van der Waals surface area contributed by atoms with E-state index in [1.165, 1.54) is 26.5 Å². The number of carbonyl (C=O) groups is 2. The summed E-state index contributed by atoms with van der Waals surface area (Å²) in [5.74, 6) is -1.64. The Morgan fingerprint density at radius 3 is 2.71 bits per heavy atom. The zero-order chi connectivity index (χ0) is 24.9. The van der Waals surface area contributed by atoms with Gasteiger partial charge < -0.3 is 29.4 Å². The minimum Gasteiger partial charge on any atom is -0.480 e. The first-order chi connectivity index (χ1) is 16.0. The topological polar surface area (TPSA) is 181 Å². The van der Waals surface area contributed by atoms with Crippen molar-refractivity contribution in [3.8, 4) is 0 Å². The van der Waals surface area contributed by atoms with Gasteiger partial charge in [-0.05, 0) is 46.5 Å². The quantitative estimate of drug-likeness (QED) is 0.286. The number of nitrogen functional groups attached to an aromatic ring is 1. The zero-order valence-corrected chi connectivity index (χ0v) is 20.4. The molecule has 1 fully saturated rings. The lowest BCUT2D eigenvalue weighted by Gasteiger charge is -2.29. The van der Waals surface area contributed by atoms with Gasteiger partial charge in [-0.25, -0.2) is 24.8 Å². The van der Waals surface area contributed by atoms with E-state index in [-0.39, 0.29) is 11.9 Å². The first-order valence-corrected chi connectivity index (χ1v) is 12.8. The number of imidazole rings is 1. The maximum Gasteiger partial charge on any atom is 0.332 e. The number of carboxylic acid groups (broad SMARTS) is 1. The Kier molecular flexibility index (Phi) is 8.24. The number of hydrogen-bond acceptors (Lipinski definition) is 10. The lowest BCUT2D eigenvalue weighted by Crippen LogP contribution is -2.46. The van der Waals surface area contributed by atoms with E-state index in [1.807, 2.05) is 0 Å². The summed E-state index contributed by atoms with van der Waals surface area (Å²) in [4.78, 5) is 36.0. The van der Waals surface area contributed by atoms with Gasteiger partial charge in [0, 0.05) is 0 Å². The molecule has 2 heterocycles. The van der Waals surface area contributed by atoms with E-state index >= 15 is 0 Å². The van der Waals surface area contributed by atoms with E-state index in [4.69, 9.17) is 19.7 Å². The summed E-state index contributed by atoms with van der Waals surface area (Å²) < 4.78 is 31.6. The van der Waals surface area contributed by atoms with Crippen LogP contribution in [0.25, 0.3) is 11.2 Å². The molecule has 2 atom stereocenters. The SMILES string of the molecule is CC(Cn1cnc2c(N)ncnc21)OCP(=O)(NC(C)(C)C(=O)O)OCC(=O)OC1CCCC1. The van der Waals surface area contributed by atoms with Crippen LogP contribution >= 0.6 is 7.52 Å². The molecule has 1 aliphatic carbocycles. The van der Waals surface area contributed by atoms with Crippen LogP contribution in [0.3, 0.4) is 0 Å². The van der Waals surface area contributed by atoms with E-state index < -0.39 is 44.1 Å². The van der Waals surface area contributed by atoms with Gasteiger partial charge in [0.2, 0.25) is 0 Å². The lowest BCUT2D eigenvalue weighted by atomic mass is 10.1. The molecule has 0 aliphatic heterocycles. The largest absolute Gasteiger partial charge is 0.480 e. The molecule has 3 rings (SSSR count). The summed E-state index contributed by atoms with van der Waals surface area (Å²) in [5.41, 5.74) is 5.18. The van der Waals surface area contributed by atoms with Gasteiger partial charge >= 0.3 is 11.9 Å². The molecule has 2 aromatic rings. The van der Waals surface area contributed by atoms with E-state index in [1.54, 1.807) is 11.5 Å². The second-order valence-corrected chi connectivity index (χ2v) is 10.9. The standard InChI is InChI=1S/C20H31N6O7P/c1-13(8-26-11-24-16-17(21)22-10-23-18(16)26)31-12-34(30,25-20(2,3)19(28)29)32-9-15(27)33-14-6-4-5-7-14/h10-11,13-14H,4-9,12H2,1-3H3,(H,25,30)(H,28,29)(H2,21,22,23). The van der Waals surface area contributed by atoms with Crippen molar-refractivity contribution in [3.05, 3.63) is 12.7 Å². The highest BCUT2D eigenvalue weighted by atomic mass is 31.2. The number of anilines is 1. The van der Waals surface area contributed by atoms with Crippen LogP contribution in [0, 0.1) is 0 Å². The van der Waals surface area contributed by atoms with Gasteiger partial charge in [-0.1, -0.05) is 0 Å². The third kappa shape index (κ3) is 6.72. The van der Waals surface area contributed by atoms with Gasteiger partial charge in [-0.3, -0.25) is 9.36 Å². The summed E-state index contributed by atoms with van der Waals surface area (Å²) in [6.07, 6.45) is 5.28. The Morgan fingerprint density at radius 2 is 2.03 bits per heavy atom. The third-order valence-corrected chi connectivity index (χ3v) is 7.32. The molecule has 2 unspecified atom stereocenters. The van der Waals surface area contributed by atoms with Crippen molar-refractivity contribution in [2.45, 2.75) is 70.7 Å². The van der Waals surface area contributed by atoms with E-state index in [9.17, 15) is 19.3 Å². The second kappa shape index (κ2) is 10.8. The maximum absolute atomic E-state index is 13.5. The van der Waals surface area contributed by atoms with Crippen LogP contribution in [-0.2, 0) is 34.7 Å². The number of aromatic nitrogens is 4. The van der Waals surface area contributed by atoms with Crippen LogP contribution in [0.1, 0.15) is 46.5 Å². The lowest BCUT2D eigenvalue weighted by molar-refractivity contribution is -0.151. The number of nitrogens with zero attached hydrogens (tertiary/aromatic N) is 4. The van der Waals surface area contributed by atoms with Crippen molar-refractivity contribution in [1.82, 2.24) is 24.6 Å². The van der Waals surface area contributed by atoms with Crippen molar-refractivity contribution < 1.29 is 33.3 Å². The van der Waals surface area contributed by atoms with Crippen molar-refractivity contribution in [1.29, 1.82) is 0 Å². The minimum atomic E-state index is -3.92. The first kappa shape index (κ1) is 26.0. The predicted octanol–water partition coefficient (Wildman–Crippen LogP) is 1.92. The predicted molar refractivity (Wildman–Crippen MR) is 122 cm³/mol. The molecule has 0 spiro atoms. The molecule has 2 aromatic heterocycles. The van der Waals surface area contributed by atoms with Gasteiger partial charge in [0.05, 0.1) is 19.0 Å². The van der Waals surface area contributed by atoms with Gasteiger partial charge in [0.1, 0.15) is 29.8 Å². The Labute approximate surface area is 196 Å². The fourth-order valence-electron chi connectivity index (χ4n) is 3.55. The van der Waals surface area contributed by atoms with Crippen LogP contribution in [0.2, 0.25) is 0 Å². The zero-order valence-electron chi connectivity index (χ0n) is 19.5. The van der Waals surface area contributed by atoms with Crippen molar-refractivity contribution in [3.63, 3.8) is 0 Å². The number of carboxylic acids is 1. The van der Waals surface area contributed by atoms with Gasteiger partial charge in [-0.2, -0.15) is 0 Å². The van der Waals surface area contributed by atoms with Crippen LogP contribution in [-0.4, -0.2) is 67.3 Å². The van der Waals surface area contributed by atoms with E-state index in [2.05, 4.69) is 20.0 Å². The molecule has 1 aliphatic rings. The number of carbonyl (C=O) groups excluding carboxylic acids is 1. The Morgan fingerprint density at radius 1 is 1.32 bits per heavy atom. The number of nitrogens with one attached hydrogen (secondary N) is 1. The molecule has 0 radical (unpaired) electrons. The average molecular weight is 498 g/mol. The number of fused-ring (bicyclic) bond motifs is 1. The summed E-state index contributed by atoms with van der Waals surface area (Å²) in [5, 5.41) is 12.0. The molecule has 0 amide bonds. The second-order valence-electron chi connectivity index (χ2n) is 8.82. The summed E-state index contributed by atoms with van der Waals surface area (Å²) >= 11 is 0. The Balaban J connectivity index is 1.63. The number of rotatable bonds is 12. The smallest absolute Gasteiger partial charge is 0.332 e. The van der Waals surface area contributed by atoms with Crippen molar-refractivity contribution >= 4 is 36.4 Å². The molecular weight excluding hydrogens is 467 g/mol. The molecule has 4 N–H and O–H groups in total. The molecule has 188 valence electrons. The monoisotopic (exact) mass is 498 g/mol. The highest BCUT2D eigenvalue weighted by molar-refractivity contribution is 7.56. The van der Waals surface area contributed by atoms with Crippen molar-refractivity contribution in [2.75, 3.05) is 18.7 Å². The highest BCUT2D eigenvalue weighted by Crippen LogP contribution is 2.45. The molecule has 14 heteroatoms. The molecule has 0 saturated heterocycles. The van der Waals surface area contributed by atoms with Crippen LogP contribution in [0.5, 0.6) is 0 Å². The maximum atomic E-state index is 13.5. The summed E-state index contributed by atoms with van der Waals surface area (Å²) in [7, 11) is -3.92. The molecule has 0 bridgehead atoms. The van der Waals surface area contributed by atoms with E-state index in [0.29, 0.717) is 17.7 Å². The molecular formula is C20H31N6O7P. The van der Waals surface area contributed by atoms with Crippen LogP contribution < -0.4 is 10.8 Å². The third-order valence-electron chi connectivity index (χ3n) is 5.39. The molecule has 13 nitrogen and oxygen atoms in total. The fraction of sp³-hybridized carbons (Fsp3) is 0.650. The fourth-order valence-corrected chi connectivity index (χ4v) is 5.46. The Hall–Kier alpha value is -2.60. The highest BCUT2D eigenvalue weighted by Gasteiger charge is 2.38. The minimum absolute atomic E-state index is 0.168. The molecule has 34 heavy (non-hydrogen) atoms. The van der Waals surface area contributed by atoms with Gasteiger partial charge in [0.25, 0.3) is 7.52 Å². The summed E-state index contributed by atoms with van der Waals surface area (Å²) in [6.45, 7) is 4.12. The van der Waals surface area contributed by atoms with Crippen molar-refractivity contribution in [2.24, 2.45) is 0 Å².